The standard InChI is InChI=1S/C14H23NO2/c1-4-12(2)17-14-8-6-5-7-13(14)11-15-9-10-16-3/h5-8,12,15H,4,9-11H2,1-3H3/t12-/m1/s1. The minimum Gasteiger partial charge on any atom is -0.490 e. The Morgan fingerprint density at radius 3 is 2.76 bits per heavy atom. The van der Waals surface area contributed by atoms with Gasteiger partial charge in [0, 0.05) is 25.8 Å². The van der Waals surface area contributed by atoms with Gasteiger partial charge in [0.2, 0.25) is 0 Å². The number of benzene rings is 1. The van der Waals surface area contributed by atoms with Crippen molar-refractivity contribution in [2.45, 2.75) is 32.9 Å². The van der Waals surface area contributed by atoms with Crippen LogP contribution in [0.3, 0.4) is 0 Å². The maximum Gasteiger partial charge on any atom is 0.124 e. The predicted molar refractivity (Wildman–Crippen MR) is 70.4 cm³/mol. The SMILES string of the molecule is CC[C@@H](C)Oc1ccccc1CNCCOC. The Kier molecular flexibility index (Phi) is 6.67. The molecule has 96 valence electrons. The van der Waals surface area contributed by atoms with E-state index >= 15 is 0 Å². The fourth-order valence-electron chi connectivity index (χ4n) is 1.46. The zero-order valence-electron chi connectivity index (χ0n) is 11.0. The third-order valence-electron chi connectivity index (χ3n) is 2.67. The van der Waals surface area contributed by atoms with Crippen LogP contribution in [0.1, 0.15) is 25.8 Å². The Morgan fingerprint density at radius 1 is 1.29 bits per heavy atom. The smallest absolute Gasteiger partial charge is 0.124 e. The van der Waals surface area contributed by atoms with E-state index in [4.69, 9.17) is 9.47 Å². The zero-order valence-corrected chi connectivity index (χ0v) is 11.0. The first-order valence-corrected chi connectivity index (χ1v) is 6.22. The molecule has 1 aromatic carbocycles. The van der Waals surface area contributed by atoms with Gasteiger partial charge in [-0.3, -0.25) is 0 Å². The lowest BCUT2D eigenvalue weighted by Crippen LogP contribution is -2.19. The summed E-state index contributed by atoms with van der Waals surface area (Å²) in [6, 6.07) is 8.17. The van der Waals surface area contributed by atoms with Crippen molar-refractivity contribution in [2.75, 3.05) is 20.3 Å². The van der Waals surface area contributed by atoms with Crippen LogP contribution in [-0.2, 0) is 11.3 Å². The van der Waals surface area contributed by atoms with Crippen molar-refractivity contribution in [2.24, 2.45) is 0 Å². The molecule has 0 aliphatic heterocycles. The minimum absolute atomic E-state index is 0.259. The summed E-state index contributed by atoms with van der Waals surface area (Å²) < 4.78 is 10.9. The van der Waals surface area contributed by atoms with Crippen LogP contribution in [0.25, 0.3) is 0 Å². The van der Waals surface area contributed by atoms with Crippen molar-refractivity contribution in [1.82, 2.24) is 5.32 Å². The molecule has 0 saturated carbocycles. The number of ether oxygens (including phenoxy) is 2. The summed E-state index contributed by atoms with van der Waals surface area (Å²) in [7, 11) is 1.71. The van der Waals surface area contributed by atoms with E-state index in [1.165, 1.54) is 5.56 Å². The zero-order chi connectivity index (χ0) is 12.5. The summed E-state index contributed by atoms with van der Waals surface area (Å²) in [6.07, 6.45) is 1.28. The second-order valence-electron chi connectivity index (χ2n) is 4.11. The van der Waals surface area contributed by atoms with E-state index in [0.717, 1.165) is 31.9 Å². The van der Waals surface area contributed by atoms with E-state index in [9.17, 15) is 0 Å². The molecule has 0 unspecified atom stereocenters. The monoisotopic (exact) mass is 237 g/mol. The molecule has 0 radical (unpaired) electrons. The number of hydrogen-bond acceptors (Lipinski definition) is 3. The van der Waals surface area contributed by atoms with Crippen molar-refractivity contribution >= 4 is 0 Å². The Labute approximate surface area is 104 Å². The van der Waals surface area contributed by atoms with Gasteiger partial charge in [0.05, 0.1) is 12.7 Å². The van der Waals surface area contributed by atoms with Crippen molar-refractivity contribution in [3.05, 3.63) is 29.8 Å². The molecule has 3 nitrogen and oxygen atoms in total. The fraction of sp³-hybridized carbons (Fsp3) is 0.571. The molecule has 17 heavy (non-hydrogen) atoms. The van der Waals surface area contributed by atoms with E-state index in [1.54, 1.807) is 7.11 Å². The normalized spacial score (nSPS) is 12.4. The van der Waals surface area contributed by atoms with E-state index < -0.39 is 0 Å². The third-order valence-corrected chi connectivity index (χ3v) is 2.67. The quantitative estimate of drug-likeness (QED) is 0.705. The van der Waals surface area contributed by atoms with Gasteiger partial charge in [-0.2, -0.15) is 0 Å². The van der Waals surface area contributed by atoms with Crippen LogP contribution in [0.2, 0.25) is 0 Å². The highest BCUT2D eigenvalue weighted by atomic mass is 16.5. The molecular weight excluding hydrogens is 214 g/mol. The lowest BCUT2D eigenvalue weighted by molar-refractivity contribution is 0.198. The molecule has 0 amide bonds. The van der Waals surface area contributed by atoms with Crippen LogP contribution >= 0.6 is 0 Å². The average Bonchev–Trinajstić information content (AvgIpc) is 2.36. The number of hydrogen-bond donors (Lipinski definition) is 1. The Bertz CT molecular complexity index is 315. The minimum atomic E-state index is 0.259. The van der Waals surface area contributed by atoms with Gasteiger partial charge in [-0.05, 0) is 19.4 Å². The van der Waals surface area contributed by atoms with Gasteiger partial charge in [-0.1, -0.05) is 25.1 Å². The molecular formula is C14H23NO2. The average molecular weight is 237 g/mol. The Hall–Kier alpha value is -1.06. The first kappa shape index (κ1) is 14.0. The van der Waals surface area contributed by atoms with Gasteiger partial charge in [-0.15, -0.1) is 0 Å². The maximum atomic E-state index is 5.88. The molecule has 0 heterocycles. The summed E-state index contributed by atoms with van der Waals surface area (Å²) >= 11 is 0. The van der Waals surface area contributed by atoms with Crippen molar-refractivity contribution < 1.29 is 9.47 Å². The predicted octanol–water partition coefficient (Wildman–Crippen LogP) is 2.60. The molecule has 0 saturated heterocycles. The van der Waals surface area contributed by atoms with E-state index in [1.807, 2.05) is 18.2 Å². The van der Waals surface area contributed by atoms with Crippen LogP contribution in [0.5, 0.6) is 5.75 Å². The maximum absolute atomic E-state index is 5.88. The molecule has 3 heteroatoms. The van der Waals surface area contributed by atoms with E-state index in [2.05, 4.69) is 25.2 Å². The summed E-state index contributed by atoms with van der Waals surface area (Å²) in [5, 5.41) is 3.33. The lowest BCUT2D eigenvalue weighted by Gasteiger charge is -2.16. The second-order valence-corrected chi connectivity index (χ2v) is 4.11. The van der Waals surface area contributed by atoms with Crippen LogP contribution in [-0.4, -0.2) is 26.4 Å². The van der Waals surface area contributed by atoms with E-state index in [0.29, 0.717) is 0 Å². The van der Waals surface area contributed by atoms with Gasteiger partial charge < -0.3 is 14.8 Å². The van der Waals surface area contributed by atoms with Gasteiger partial charge in [0.25, 0.3) is 0 Å². The van der Waals surface area contributed by atoms with Crippen LogP contribution in [0, 0.1) is 0 Å². The summed E-state index contributed by atoms with van der Waals surface area (Å²) in [5.41, 5.74) is 1.20. The number of methoxy groups -OCH3 is 1. The fourth-order valence-corrected chi connectivity index (χ4v) is 1.46. The largest absolute Gasteiger partial charge is 0.490 e. The molecule has 0 bridgehead atoms. The Balaban J connectivity index is 2.51. The topological polar surface area (TPSA) is 30.5 Å². The molecule has 1 N–H and O–H groups in total. The van der Waals surface area contributed by atoms with Crippen LogP contribution < -0.4 is 10.1 Å². The molecule has 1 aromatic rings. The summed E-state index contributed by atoms with van der Waals surface area (Å²) in [4.78, 5) is 0. The second kappa shape index (κ2) is 8.09. The summed E-state index contributed by atoms with van der Waals surface area (Å²) in [6.45, 7) is 6.62. The molecule has 0 fully saturated rings. The van der Waals surface area contributed by atoms with Gasteiger partial charge in [0.15, 0.2) is 0 Å². The molecule has 0 aliphatic rings. The number of para-hydroxylation sites is 1. The highest BCUT2D eigenvalue weighted by Crippen LogP contribution is 2.19. The number of rotatable bonds is 8. The van der Waals surface area contributed by atoms with Crippen molar-refractivity contribution in [3.8, 4) is 5.75 Å². The lowest BCUT2D eigenvalue weighted by atomic mass is 10.2. The third kappa shape index (κ3) is 5.20. The highest BCUT2D eigenvalue weighted by molar-refractivity contribution is 5.33. The molecule has 1 rings (SSSR count). The van der Waals surface area contributed by atoms with Crippen molar-refractivity contribution in [3.63, 3.8) is 0 Å². The Morgan fingerprint density at radius 2 is 2.06 bits per heavy atom. The molecule has 0 spiro atoms. The van der Waals surface area contributed by atoms with Crippen LogP contribution in [0.15, 0.2) is 24.3 Å². The van der Waals surface area contributed by atoms with Crippen LogP contribution in [0.4, 0.5) is 0 Å². The first-order valence-electron chi connectivity index (χ1n) is 6.22. The van der Waals surface area contributed by atoms with Gasteiger partial charge in [0.1, 0.15) is 5.75 Å². The van der Waals surface area contributed by atoms with Crippen molar-refractivity contribution in [1.29, 1.82) is 0 Å². The molecule has 0 aliphatic carbocycles. The highest BCUT2D eigenvalue weighted by Gasteiger charge is 2.05. The van der Waals surface area contributed by atoms with Gasteiger partial charge in [-0.25, -0.2) is 0 Å². The van der Waals surface area contributed by atoms with Gasteiger partial charge >= 0.3 is 0 Å². The first-order chi connectivity index (χ1) is 8.27. The summed E-state index contributed by atoms with van der Waals surface area (Å²) in [5.74, 6) is 0.978. The molecule has 1 atom stereocenters. The van der Waals surface area contributed by atoms with E-state index in [-0.39, 0.29) is 6.10 Å². The molecule has 0 aromatic heterocycles. The number of nitrogens with one attached hydrogen (secondary N) is 1.